The van der Waals surface area contributed by atoms with Crippen molar-refractivity contribution in [1.29, 1.82) is 0 Å². The first-order valence-electron chi connectivity index (χ1n) is 11.3. The third-order valence-corrected chi connectivity index (χ3v) is 7.65. The van der Waals surface area contributed by atoms with Gasteiger partial charge >= 0.3 is 0 Å². The van der Waals surface area contributed by atoms with Crippen molar-refractivity contribution < 1.29 is 26.7 Å². The molecule has 2 N–H and O–H groups in total. The first-order chi connectivity index (χ1) is 18.0. The Morgan fingerprint density at radius 3 is 2.45 bits per heavy atom. The number of anilines is 1. The van der Waals surface area contributed by atoms with Gasteiger partial charge in [0.05, 0.1) is 23.0 Å². The van der Waals surface area contributed by atoms with Gasteiger partial charge in [-0.25, -0.2) is 31.3 Å². The molecule has 2 heterocycles. The second-order valence-corrected chi connectivity index (χ2v) is 10.4. The molecule has 0 aliphatic carbocycles. The van der Waals surface area contributed by atoms with Crippen molar-refractivity contribution in [2.75, 3.05) is 4.72 Å². The average molecular weight is 543 g/mol. The summed E-state index contributed by atoms with van der Waals surface area (Å²) in [5.41, 5.74) is -1.38. The largest absolute Gasteiger partial charge is 0.381 e. The summed E-state index contributed by atoms with van der Waals surface area (Å²) in [7, 11) is -3.98. The molecule has 0 saturated carbocycles. The first kappa shape index (κ1) is 25.4. The highest BCUT2D eigenvalue weighted by Crippen LogP contribution is 2.37. The van der Waals surface area contributed by atoms with E-state index in [4.69, 9.17) is 0 Å². The Balaban J connectivity index is 1.49. The Kier molecular flexibility index (Phi) is 6.41. The molecule has 0 unspecified atom stereocenters. The molecule has 13 heteroatoms. The summed E-state index contributed by atoms with van der Waals surface area (Å²) < 4.78 is 72.3. The number of aliphatic hydroxyl groups is 1. The standard InChI is InChI=1S/C25H21F3N6O3S/c1-16(25(35,13-33-15-29-14-30-33)22-8-4-19(27)11-23(22)28)34-12-17-10-20(5-9-24(17)31-34)32-38(36,37)21-6-2-18(26)3-7-21/h2-12,14-16,32,35H,13H2,1H3/t16-,25-/m1/s1. The molecule has 0 radical (unpaired) electrons. The van der Waals surface area contributed by atoms with E-state index >= 15 is 0 Å². The second-order valence-electron chi connectivity index (χ2n) is 8.76. The Morgan fingerprint density at radius 1 is 1.03 bits per heavy atom. The highest BCUT2D eigenvalue weighted by molar-refractivity contribution is 7.92. The quantitative estimate of drug-likeness (QED) is 0.306. The molecule has 2 atom stereocenters. The van der Waals surface area contributed by atoms with Crippen molar-refractivity contribution in [3.05, 3.63) is 103 Å². The molecule has 0 bridgehead atoms. The predicted molar refractivity (Wildman–Crippen MR) is 132 cm³/mol. The van der Waals surface area contributed by atoms with Crippen LogP contribution in [-0.4, -0.2) is 38.1 Å². The molecule has 38 heavy (non-hydrogen) atoms. The van der Waals surface area contributed by atoms with Crippen LogP contribution < -0.4 is 4.72 Å². The number of sulfonamides is 1. The first-order valence-corrected chi connectivity index (χ1v) is 12.8. The number of nitrogens with zero attached hydrogens (tertiary/aromatic N) is 5. The van der Waals surface area contributed by atoms with Gasteiger partial charge < -0.3 is 5.11 Å². The molecule has 0 saturated heterocycles. The van der Waals surface area contributed by atoms with Crippen molar-refractivity contribution in [2.24, 2.45) is 0 Å². The van der Waals surface area contributed by atoms with E-state index in [2.05, 4.69) is 19.9 Å². The fourth-order valence-electron chi connectivity index (χ4n) is 4.20. The third-order valence-electron chi connectivity index (χ3n) is 6.25. The Morgan fingerprint density at radius 2 is 1.76 bits per heavy atom. The molecule has 0 aliphatic rings. The minimum absolute atomic E-state index is 0.109. The van der Waals surface area contributed by atoms with Crippen molar-refractivity contribution in [2.45, 2.75) is 30.0 Å². The van der Waals surface area contributed by atoms with Gasteiger partial charge in [0.1, 0.15) is 35.7 Å². The molecule has 0 aliphatic heterocycles. The molecule has 5 rings (SSSR count). The molecule has 3 aromatic carbocycles. The fourth-order valence-corrected chi connectivity index (χ4v) is 5.25. The summed E-state index contributed by atoms with van der Waals surface area (Å²) in [6.45, 7) is 1.40. The topological polar surface area (TPSA) is 115 Å². The number of aromatic nitrogens is 5. The lowest BCUT2D eigenvalue weighted by atomic mass is 9.86. The van der Waals surface area contributed by atoms with Gasteiger partial charge in [0.15, 0.2) is 0 Å². The van der Waals surface area contributed by atoms with E-state index in [1.54, 1.807) is 25.3 Å². The molecule has 9 nitrogen and oxygen atoms in total. The number of benzene rings is 3. The maximum atomic E-state index is 14.9. The molecular formula is C25H21F3N6O3S. The van der Waals surface area contributed by atoms with Crippen molar-refractivity contribution in [3.8, 4) is 0 Å². The molecule has 0 fully saturated rings. The number of fused-ring (bicyclic) bond motifs is 1. The molecule has 2 aromatic heterocycles. The van der Waals surface area contributed by atoms with Crippen LogP contribution in [0.5, 0.6) is 0 Å². The van der Waals surface area contributed by atoms with Crippen LogP contribution in [-0.2, 0) is 22.2 Å². The highest BCUT2D eigenvalue weighted by atomic mass is 32.2. The smallest absolute Gasteiger partial charge is 0.261 e. The zero-order chi connectivity index (χ0) is 27.1. The van der Waals surface area contributed by atoms with E-state index in [1.165, 1.54) is 34.2 Å². The fraction of sp³-hybridized carbons (Fsp3) is 0.160. The number of nitrogens with one attached hydrogen (secondary N) is 1. The molecule has 5 aromatic rings. The summed E-state index contributed by atoms with van der Waals surface area (Å²) in [6, 6.07) is 11.1. The third kappa shape index (κ3) is 4.85. The minimum atomic E-state index is -3.98. The summed E-state index contributed by atoms with van der Waals surface area (Å²) in [6.07, 6.45) is 4.20. The van der Waals surface area contributed by atoms with E-state index in [1.807, 2.05) is 0 Å². The summed E-state index contributed by atoms with van der Waals surface area (Å²) in [5.74, 6) is -2.28. The minimum Gasteiger partial charge on any atom is -0.381 e. The van der Waals surface area contributed by atoms with E-state index in [0.717, 1.165) is 30.3 Å². The van der Waals surface area contributed by atoms with E-state index < -0.39 is 39.1 Å². The van der Waals surface area contributed by atoms with Crippen LogP contribution in [0.2, 0.25) is 0 Å². The van der Waals surface area contributed by atoms with Gasteiger partial charge in [-0.15, -0.1) is 0 Å². The van der Waals surface area contributed by atoms with Crippen LogP contribution in [0, 0.1) is 17.5 Å². The van der Waals surface area contributed by atoms with Crippen LogP contribution in [0.1, 0.15) is 18.5 Å². The number of hydrogen-bond acceptors (Lipinski definition) is 6. The van der Waals surface area contributed by atoms with Gasteiger partial charge in [-0.2, -0.15) is 10.2 Å². The Bertz CT molecular complexity index is 1710. The number of halogens is 3. The van der Waals surface area contributed by atoms with E-state index in [-0.39, 0.29) is 22.7 Å². The Labute approximate surface area is 215 Å². The van der Waals surface area contributed by atoms with Gasteiger partial charge in [-0.05, 0) is 55.5 Å². The van der Waals surface area contributed by atoms with E-state index in [9.17, 15) is 26.7 Å². The monoisotopic (exact) mass is 542 g/mol. The van der Waals surface area contributed by atoms with Crippen molar-refractivity contribution >= 4 is 26.6 Å². The average Bonchev–Trinajstić information content (AvgIpc) is 3.53. The summed E-state index contributed by atoms with van der Waals surface area (Å²) >= 11 is 0. The number of hydrogen-bond donors (Lipinski definition) is 2. The van der Waals surface area contributed by atoms with Crippen LogP contribution in [0.3, 0.4) is 0 Å². The highest BCUT2D eigenvalue weighted by Gasteiger charge is 2.41. The summed E-state index contributed by atoms with van der Waals surface area (Å²) in [4.78, 5) is 3.75. The van der Waals surface area contributed by atoms with Gasteiger partial charge in [-0.3, -0.25) is 9.40 Å². The SMILES string of the molecule is C[C@@H](n1cc2cc(NS(=O)(=O)c3ccc(F)cc3)ccc2n1)[C@](O)(Cn1cncn1)c1ccc(F)cc1F. The molecule has 0 spiro atoms. The lowest BCUT2D eigenvalue weighted by molar-refractivity contribution is -0.0366. The van der Waals surface area contributed by atoms with Gasteiger partial charge in [0.25, 0.3) is 10.0 Å². The van der Waals surface area contributed by atoms with Gasteiger partial charge in [-0.1, -0.05) is 6.07 Å². The second kappa shape index (κ2) is 9.58. The van der Waals surface area contributed by atoms with Crippen LogP contribution in [0.25, 0.3) is 10.9 Å². The zero-order valence-electron chi connectivity index (χ0n) is 19.8. The van der Waals surface area contributed by atoms with Crippen LogP contribution >= 0.6 is 0 Å². The van der Waals surface area contributed by atoms with Crippen LogP contribution in [0.15, 0.2) is 84.4 Å². The Hall–Kier alpha value is -4.23. The van der Waals surface area contributed by atoms with Gasteiger partial charge in [0, 0.05) is 28.9 Å². The van der Waals surface area contributed by atoms with Crippen molar-refractivity contribution in [1.82, 2.24) is 24.5 Å². The lowest BCUT2D eigenvalue weighted by Crippen LogP contribution is -2.40. The number of rotatable bonds is 8. The maximum Gasteiger partial charge on any atom is 0.261 e. The van der Waals surface area contributed by atoms with Gasteiger partial charge in [0.2, 0.25) is 0 Å². The predicted octanol–water partition coefficient (Wildman–Crippen LogP) is 3.99. The molecular weight excluding hydrogens is 521 g/mol. The van der Waals surface area contributed by atoms with E-state index in [0.29, 0.717) is 17.0 Å². The van der Waals surface area contributed by atoms with Crippen molar-refractivity contribution in [3.63, 3.8) is 0 Å². The lowest BCUT2D eigenvalue weighted by Gasteiger charge is -2.34. The summed E-state index contributed by atoms with van der Waals surface area (Å²) in [5, 5.41) is 20.8. The maximum absolute atomic E-state index is 14.9. The molecule has 196 valence electrons. The zero-order valence-corrected chi connectivity index (χ0v) is 20.6. The molecule has 0 amide bonds. The van der Waals surface area contributed by atoms with Crippen LogP contribution in [0.4, 0.5) is 18.9 Å². The normalized spacial score (nSPS) is 14.3.